The van der Waals surface area contributed by atoms with Gasteiger partial charge in [-0.1, -0.05) is 41.4 Å². The highest BCUT2D eigenvalue weighted by Gasteiger charge is 2.45. The molecule has 4 rings (SSSR count). The maximum Gasteiger partial charge on any atom is 0.306 e. The quantitative estimate of drug-likeness (QED) is 0.714. The Morgan fingerprint density at radius 3 is 2.27 bits per heavy atom. The summed E-state index contributed by atoms with van der Waals surface area (Å²) in [4.78, 5) is 9.76. The molecule has 0 saturated heterocycles. The zero-order chi connectivity index (χ0) is 18.9. The number of nitriles is 1. The van der Waals surface area contributed by atoms with Gasteiger partial charge < -0.3 is 5.11 Å². The van der Waals surface area contributed by atoms with Crippen LogP contribution in [0.1, 0.15) is 31.2 Å². The molecule has 2 aliphatic rings. The Kier molecular flexibility index (Phi) is 5.22. The fourth-order valence-corrected chi connectivity index (χ4v) is 2.93. The van der Waals surface area contributed by atoms with Crippen molar-refractivity contribution >= 4 is 29.2 Å². The summed E-state index contributed by atoms with van der Waals surface area (Å²) in [6.45, 7) is 0. The van der Waals surface area contributed by atoms with Crippen LogP contribution in [0.15, 0.2) is 36.4 Å². The van der Waals surface area contributed by atoms with Gasteiger partial charge in [0.15, 0.2) is 0 Å². The van der Waals surface area contributed by atoms with E-state index in [4.69, 9.17) is 33.6 Å². The summed E-state index contributed by atoms with van der Waals surface area (Å²) >= 11 is 11.8. The van der Waals surface area contributed by atoms with Crippen LogP contribution in [0.5, 0.6) is 0 Å². The molecule has 2 aromatic rings. The summed E-state index contributed by atoms with van der Waals surface area (Å²) in [5.74, 6) is -0.956. The van der Waals surface area contributed by atoms with Crippen molar-refractivity contribution < 1.29 is 14.3 Å². The molecule has 0 bridgehead atoms. The van der Waals surface area contributed by atoms with E-state index in [1.165, 1.54) is 6.07 Å². The lowest BCUT2D eigenvalue weighted by Gasteiger charge is -2.10. The summed E-state index contributed by atoms with van der Waals surface area (Å²) in [5.41, 5.74) is 1.41. The number of hydrogen-bond acceptors (Lipinski definition) is 2. The number of hydrogen-bond donors (Lipinski definition) is 1. The van der Waals surface area contributed by atoms with Crippen LogP contribution in [0.25, 0.3) is 11.1 Å². The number of benzene rings is 2. The van der Waals surface area contributed by atoms with Gasteiger partial charge in [0.1, 0.15) is 5.82 Å². The van der Waals surface area contributed by atoms with E-state index in [9.17, 15) is 9.18 Å². The Morgan fingerprint density at radius 1 is 1.15 bits per heavy atom. The topological polar surface area (TPSA) is 61.1 Å². The monoisotopic (exact) mass is 391 g/mol. The zero-order valence-electron chi connectivity index (χ0n) is 13.8. The molecule has 2 fully saturated rings. The predicted molar refractivity (Wildman–Crippen MR) is 98.7 cm³/mol. The summed E-state index contributed by atoms with van der Waals surface area (Å²) < 4.78 is 14.3. The fraction of sp³-hybridized carbons (Fsp3) is 0.300. The SMILES string of the molecule is N#CC1(c2ccc(-c3ccc(Cl)c(Cl)c3)c(F)c2)CC1.O=C(O)C1CC1. The minimum absolute atomic E-state index is 0.0185. The van der Waals surface area contributed by atoms with Crippen LogP contribution in [-0.2, 0) is 10.2 Å². The van der Waals surface area contributed by atoms with E-state index in [1.54, 1.807) is 24.3 Å². The lowest BCUT2D eigenvalue weighted by atomic mass is 9.94. The van der Waals surface area contributed by atoms with Crippen molar-refractivity contribution in [3.8, 4) is 17.2 Å². The van der Waals surface area contributed by atoms with E-state index in [0.29, 0.717) is 21.2 Å². The maximum absolute atomic E-state index is 14.3. The van der Waals surface area contributed by atoms with Crippen molar-refractivity contribution in [3.05, 3.63) is 57.8 Å². The summed E-state index contributed by atoms with van der Waals surface area (Å²) in [6.07, 6.45) is 3.40. The highest BCUT2D eigenvalue weighted by atomic mass is 35.5. The largest absolute Gasteiger partial charge is 0.481 e. The first kappa shape index (κ1) is 18.7. The number of rotatable bonds is 3. The van der Waals surface area contributed by atoms with Crippen molar-refractivity contribution in [2.75, 3.05) is 0 Å². The van der Waals surface area contributed by atoms with Gasteiger partial charge in [-0.3, -0.25) is 4.79 Å². The molecular weight excluding hydrogens is 376 g/mol. The molecule has 0 unspecified atom stereocenters. The Balaban J connectivity index is 0.000000278. The number of carbonyl (C=O) groups is 1. The second-order valence-corrected chi connectivity index (χ2v) is 7.44. The normalized spacial score (nSPS) is 16.8. The molecule has 3 nitrogen and oxygen atoms in total. The molecule has 1 N–H and O–H groups in total. The van der Waals surface area contributed by atoms with Crippen LogP contribution in [0.4, 0.5) is 4.39 Å². The van der Waals surface area contributed by atoms with Gasteiger partial charge >= 0.3 is 5.97 Å². The molecule has 6 heteroatoms. The van der Waals surface area contributed by atoms with E-state index in [1.807, 2.05) is 6.07 Å². The third-order valence-electron chi connectivity index (χ3n) is 4.64. The Labute approximate surface area is 161 Å². The lowest BCUT2D eigenvalue weighted by molar-refractivity contribution is -0.138. The molecule has 0 atom stereocenters. The molecule has 2 aliphatic carbocycles. The molecule has 0 aliphatic heterocycles. The molecule has 2 saturated carbocycles. The number of aliphatic carboxylic acids is 1. The standard InChI is InChI=1S/C16H10Cl2FN.C4H6O2/c17-13-4-1-10(7-14(13)18)12-3-2-11(8-15(12)19)16(9-20)5-6-16;5-4(6)3-1-2-3/h1-4,7-8H,5-6H2;3H,1-2H2,(H,5,6). The smallest absolute Gasteiger partial charge is 0.306 e. The number of carboxylic acid groups (broad SMARTS) is 1. The molecule has 0 spiro atoms. The van der Waals surface area contributed by atoms with Crippen molar-refractivity contribution in [1.82, 2.24) is 0 Å². The minimum atomic E-state index is -0.630. The van der Waals surface area contributed by atoms with E-state index in [-0.39, 0.29) is 11.7 Å². The van der Waals surface area contributed by atoms with Gasteiger partial charge in [0.05, 0.1) is 27.4 Å². The Hall–Kier alpha value is -2.09. The molecule has 0 radical (unpaired) electrons. The van der Waals surface area contributed by atoms with Gasteiger partial charge in [0, 0.05) is 5.56 Å². The van der Waals surface area contributed by atoms with E-state index in [2.05, 4.69) is 6.07 Å². The average Bonchev–Trinajstić information content (AvgIpc) is 3.50. The Bertz CT molecular complexity index is 899. The lowest BCUT2D eigenvalue weighted by Crippen LogP contribution is -2.03. The third-order valence-corrected chi connectivity index (χ3v) is 5.38. The van der Waals surface area contributed by atoms with Gasteiger partial charge in [0.2, 0.25) is 0 Å². The Morgan fingerprint density at radius 2 is 1.85 bits per heavy atom. The minimum Gasteiger partial charge on any atom is -0.481 e. The van der Waals surface area contributed by atoms with E-state index in [0.717, 1.165) is 31.2 Å². The summed E-state index contributed by atoms with van der Waals surface area (Å²) in [7, 11) is 0. The number of nitrogens with zero attached hydrogens (tertiary/aromatic N) is 1. The highest BCUT2D eigenvalue weighted by Crippen LogP contribution is 2.48. The van der Waals surface area contributed by atoms with Gasteiger partial charge in [-0.05, 0) is 55.0 Å². The zero-order valence-corrected chi connectivity index (χ0v) is 15.3. The molecule has 0 aromatic heterocycles. The first-order valence-electron chi connectivity index (χ1n) is 8.26. The van der Waals surface area contributed by atoms with Gasteiger partial charge in [-0.2, -0.15) is 5.26 Å². The second kappa shape index (κ2) is 7.26. The predicted octanol–water partition coefficient (Wildman–Crippen LogP) is 5.84. The van der Waals surface area contributed by atoms with Crippen LogP contribution in [0.3, 0.4) is 0 Å². The van der Waals surface area contributed by atoms with Crippen molar-refractivity contribution in [2.24, 2.45) is 5.92 Å². The molecule has 2 aromatic carbocycles. The van der Waals surface area contributed by atoms with Crippen LogP contribution in [0.2, 0.25) is 10.0 Å². The number of carboxylic acids is 1. The molecule has 0 amide bonds. The molecule has 26 heavy (non-hydrogen) atoms. The molecule has 134 valence electrons. The van der Waals surface area contributed by atoms with Crippen LogP contribution in [0, 0.1) is 23.1 Å². The van der Waals surface area contributed by atoms with E-state index < -0.39 is 11.4 Å². The first-order valence-corrected chi connectivity index (χ1v) is 9.01. The van der Waals surface area contributed by atoms with E-state index >= 15 is 0 Å². The third kappa shape index (κ3) is 4.00. The fourth-order valence-electron chi connectivity index (χ4n) is 2.63. The van der Waals surface area contributed by atoms with Crippen molar-refractivity contribution in [1.29, 1.82) is 5.26 Å². The maximum atomic E-state index is 14.3. The first-order chi connectivity index (χ1) is 12.4. The summed E-state index contributed by atoms with van der Waals surface area (Å²) in [6, 6.07) is 12.2. The van der Waals surface area contributed by atoms with Gasteiger partial charge in [-0.25, -0.2) is 4.39 Å². The summed E-state index contributed by atoms with van der Waals surface area (Å²) in [5, 5.41) is 18.0. The average molecular weight is 392 g/mol. The van der Waals surface area contributed by atoms with Crippen molar-refractivity contribution in [2.45, 2.75) is 31.1 Å². The van der Waals surface area contributed by atoms with Gasteiger partial charge in [0.25, 0.3) is 0 Å². The van der Waals surface area contributed by atoms with Crippen molar-refractivity contribution in [3.63, 3.8) is 0 Å². The second-order valence-electron chi connectivity index (χ2n) is 6.63. The van der Waals surface area contributed by atoms with Gasteiger partial charge in [-0.15, -0.1) is 0 Å². The molecular formula is C20H16Cl2FNO2. The number of halogens is 3. The molecule has 0 heterocycles. The van der Waals surface area contributed by atoms with Crippen LogP contribution < -0.4 is 0 Å². The highest BCUT2D eigenvalue weighted by molar-refractivity contribution is 6.42. The van der Waals surface area contributed by atoms with Crippen LogP contribution in [-0.4, -0.2) is 11.1 Å². The van der Waals surface area contributed by atoms with Crippen LogP contribution >= 0.6 is 23.2 Å².